The summed E-state index contributed by atoms with van der Waals surface area (Å²) in [5.41, 5.74) is 0. The van der Waals surface area contributed by atoms with E-state index in [1.165, 1.54) is 7.11 Å². The molecule has 0 saturated heterocycles. The molecule has 0 bridgehead atoms. The van der Waals surface area contributed by atoms with Crippen molar-refractivity contribution in [1.29, 1.82) is 0 Å². The van der Waals surface area contributed by atoms with Crippen molar-refractivity contribution in [3.63, 3.8) is 0 Å². The highest BCUT2D eigenvalue weighted by atomic mass is 33.1. The Balaban J connectivity index is 2.09. The summed E-state index contributed by atoms with van der Waals surface area (Å²) in [5.74, 6) is 0.941. The molecule has 0 spiro atoms. The zero-order chi connectivity index (χ0) is 22.9. The Morgan fingerprint density at radius 2 is 2.03 bits per heavy atom. The van der Waals surface area contributed by atoms with Crippen LogP contribution in [0.3, 0.4) is 0 Å². The number of ether oxygens (including phenoxy) is 3. The van der Waals surface area contributed by atoms with Gasteiger partial charge in [-0.25, -0.2) is 9.78 Å². The Kier molecular flexibility index (Phi) is 15.2. The number of aliphatic hydroxyl groups is 1. The highest BCUT2D eigenvalue weighted by Crippen LogP contribution is 2.28. The number of aromatic nitrogens is 1. The molecule has 1 heterocycles. The van der Waals surface area contributed by atoms with Gasteiger partial charge in [-0.15, -0.1) is 0 Å². The van der Waals surface area contributed by atoms with Crippen molar-refractivity contribution in [2.45, 2.75) is 44.1 Å². The van der Waals surface area contributed by atoms with Crippen LogP contribution in [0.25, 0.3) is 0 Å². The van der Waals surface area contributed by atoms with Crippen molar-refractivity contribution >= 4 is 33.6 Å². The third-order valence-electron chi connectivity index (χ3n) is 3.81. The molecule has 0 radical (unpaired) electrons. The minimum atomic E-state index is -0.772. The Morgan fingerprint density at radius 3 is 2.68 bits per heavy atom. The van der Waals surface area contributed by atoms with Crippen LogP contribution in [0, 0.1) is 5.92 Å². The van der Waals surface area contributed by atoms with E-state index in [1.807, 2.05) is 32.0 Å². The molecule has 11 heteroatoms. The Labute approximate surface area is 191 Å². The lowest BCUT2D eigenvalue weighted by Crippen LogP contribution is -2.35. The average molecular weight is 476 g/mol. The van der Waals surface area contributed by atoms with Gasteiger partial charge in [0.25, 0.3) is 0 Å². The summed E-state index contributed by atoms with van der Waals surface area (Å²) in [5, 5.41) is 15.6. The topological polar surface area (TPSA) is 119 Å². The van der Waals surface area contributed by atoms with Crippen LogP contribution >= 0.6 is 21.6 Å². The molecule has 176 valence electrons. The molecule has 1 aromatic rings. The zero-order valence-electron chi connectivity index (χ0n) is 18.2. The predicted molar refractivity (Wildman–Crippen MR) is 122 cm³/mol. The van der Waals surface area contributed by atoms with Crippen molar-refractivity contribution in [2.24, 2.45) is 5.92 Å². The fraction of sp³-hybridized carbons (Fsp3) is 0.650. The second kappa shape index (κ2) is 17.1. The summed E-state index contributed by atoms with van der Waals surface area (Å²) < 4.78 is 15.8. The number of nitrogens with zero attached hydrogens (tertiary/aromatic N) is 1. The first-order chi connectivity index (χ1) is 14.9. The maximum absolute atomic E-state index is 11.8. The zero-order valence-corrected chi connectivity index (χ0v) is 19.9. The highest BCUT2D eigenvalue weighted by molar-refractivity contribution is 8.76. The van der Waals surface area contributed by atoms with E-state index in [0.29, 0.717) is 18.9 Å². The lowest BCUT2D eigenvalue weighted by molar-refractivity contribution is -0.184. The van der Waals surface area contributed by atoms with Gasteiger partial charge in [0.2, 0.25) is 5.91 Å². The summed E-state index contributed by atoms with van der Waals surface area (Å²) in [6, 6.07) is 5.72. The number of alkyl carbamates (subject to hydrolysis) is 1. The molecule has 0 aliphatic heterocycles. The van der Waals surface area contributed by atoms with E-state index in [1.54, 1.807) is 27.8 Å². The van der Waals surface area contributed by atoms with Gasteiger partial charge in [0.05, 0.1) is 12.7 Å². The number of amides is 2. The molecule has 0 aliphatic carbocycles. The normalized spacial score (nSPS) is 12.9. The molecule has 9 nitrogen and oxygen atoms in total. The Morgan fingerprint density at radius 1 is 1.23 bits per heavy atom. The van der Waals surface area contributed by atoms with E-state index in [2.05, 4.69) is 15.6 Å². The number of nitrogens with one attached hydrogen (secondary N) is 2. The van der Waals surface area contributed by atoms with Gasteiger partial charge in [0.15, 0.2) is 6.29 Å². The van der Waals surface area contributed by atoms with Gasteiger partial charge < -0.3 is 30.0 Å². The van der Waals surface area contributed by atoms with Crippen molar-refractivity contribution in [3.8, 4) is 0 Å². The number of carbonyl (C=O) groups excluding carboxylic acids is 2. The number of aliphatic hydroxyl groups excluding tert-OH is 1. The van der Waals surface area contributed by atoms with Gasteiger partial charge in [-0.3, -0.25) is 4.79 Å². The number of pyridine rings is 1. The number of methoxy groups -OCH3 is 1. The molecule has 0 aromatic carbocycles. The fourth-order valence-corrected chi connectivity index (χ4v) is 4.15. The van der Waals surface area contributed by atoms with E-state index in [-0.39, 0.29) is 38.2 Å². The molecule has 3 N–H and O–H groups in total. The molecule has 2 atom stereocenters. The second-order valence-corrected chi connectivity index (χ2v) is 9.37. The van der Waals surface area contributed by atoms with Gasteiger partial charge in [-0.2, -0.15) is 0 Å². The SMILES string of the molecule is COC(COC(=O)NCCC(=O)NCCSSc1ccccn1)OC(CO)CC(C)C. The summed E-state index contributed by atoms with van der Waals surface area (Å²) in [7, 11) is 4.60. The van der Waals surface area contributed by atoms with E-state index in [0.717, 1.165) is 10.8 Å². The lowest BCUT2D eigenvalue weighted by Gasteiger charge is -2.23. The minimum Gasteiger partial charge on any atom is -0.444 e. The third kappa shape index (κ3) is 14.2. The summed E-state index contributed by atoms with van der Waals surface area (Å²) >= 11 is 0. The van der Waals surface area contributed by atoms with Crippen LogP contribution in [0.1, 0.15) is 26.7 Å². The first-order valence-corrected chi connectivity index (χ1v) is 12.4. The van der Waals surface area contributed by atoms with Crippen LogP contribution in [0.4, 0.5) is 4.79 Å². The standard InChI is InChI=1S/C20H33N3O6S2/c1-15(2)12-16(13-24)29-19(27-3)14-28-20(26)23-9-7-17(25)21-10-11-30-31-18-6-4-5-8-22-18/h4-6,8,15-16,19,24H,7,9-14H2,1-3H3,(H,21,25)(H,23,26). The monoisotopic (exact) mass is 475 g/mol. The Hall–Kier alpha value is -1.53. The van der Waals surface area contributed by atoms with Crippen molar-refractivity contribution in [2.75, 3.05) is 39.2 Å². The molecule has 0 fully saturated rings. The first-order valence-electron chi connectivity index (χ1n) is 10.1. The molecule has 2 unspecified atom stereocenters. The summed E-state index contributed by atoms with van der Waals surface area (Å²) in [6.07, 6.45) is 0.734. The number of carbonyl (C=O) groups is 2. The van der Waals surface area contributed by atoms with Gasteiger partial charge in [0.1, 0.15) is 11.6 Å². The Bertz CT molecular complexity index is 624. The lowest BCUT2D eigenvalue weighted by atomic mass is 10.1. The average Bonchev–Trinajstić information content (AvgIpc) is 2.76. The minimum absolute atomic E-state index is 0.117. The van der Waals surface area contributed by atoms with Crippen molar-refractivity contribution in [1.82, 2.24) is 15.6 Å². The van der Waals surface area contributed by atoms with Crippen LogP contribution in [0.2, 0.25) is 0 Å². The third-order valence-corrected chi connectivity index (χ3v) is 6.07. The van der Waals surface area contributed by atoms with E-state index in [4.69, 9.17) is 14.2 Å². The number of hydrogen-bond acceptors (Lipinski definition) is 9. The highest BCUT2D eigenvalue weighted by Gasteiger charge is 2.18. The fourth-order valence-electron chi connectivity index (χ4n) is 2.37. The van der Waals surface area contributed by atoms with Gasteiger partial charge >= 0.3 is 6.09 Å². The van der Waals surface area contributed by atoms with Gasteiger partial charge in [0, 0.05) is 38.6 Å². The smallest absolute Gasteiger partial charge is 0.407 e. The quantitative estimate of drug-likeness (QED) is 0.188. The first kappa shape index (κ1) is 27.5. The molecule has 0 saturated carbocycles. The van der Waals surface area contributed by atoms with Crippen LogP contribution < -0.4 is 10.6 Å². The number of hydrogen-bond donors (Lipinski definition) is 3. The molecule has 0 aliphatic rings. The van der Waals surface area contributed by atoms with Crippen LogP contribution in [-0.2, 0) is 19.0 Å². The molecular weight excluding hydrogens is 442 g/mol. The second-order valence-electron chi connectivity index (χ2n) is 6.93. The van der Waals surface area contributed by atoms with Crippen molar-refractivity contribution < 1.29 is 28.9 Å². The maximum atomic E-state index is 11.8. The predicted octanol–water partition coefficient (Wildman–Crippen LogP) is 2.45. The molecular formula is C20H33N3O6S2. The van der Waals surface area contributed by atoms with E-state index >= 15 is 0 Å². The van der Waals surface area contributed by atoms with Crippen LogP contribution in [0.5, 0.6) is 0 Å². The molecule has 31 heavy (non-hydrogen) atoms. The molecule has 1 rings (SSSR count). The summed E-state index contributed by atoms with van der Waals surface area (Å²) in [4.78, 5) is 27.8. The van der Waals surface area contributed by atoms with Gasteiger partial charge in [-0.1, -0.05) is 30.7 Å². The largest absolute Gasteiger partial charge is 0.444 e. The maximum Gasteiger partial charge on any atom is 0.407 e. The van der Waals surface area contributed by atoms with E-state index < -0.39 is 12.4 Å². The van der Waals surface area contributed by atoms with Crippen molar-refractivity contribution in [3.05, 3.63) is 24.4 Å². The summed E-state index contributed by atoms with van der Waals surface area (Å²) in [6.45, 7) is 4.48. The van der Waals surface area contributed by atoms with Gasteiger partial charge in [-0.05, 0) is 35.3 Å². The van der Waals surface area contributed by atoms with E-state index in [9.17, 15) is 14.7 Å². The van der Waals surface area contributed by atoms with Crippen LogP contribution in [0.15, 0.2) is 29.4 Å². The molecule has 2 amide bonds. The van der Waals surface area contributed by atoms with Crippen LogP contribution in [-0.4, -0.2) is 73.7 Å². The molecule has 1 aromatic heterocycles. The number of rotatable bonds is 16.